The van der Waals surface area contributed by atoms with Crippen molar-refractivity contribution in [2.24, 2.45) is 10.2 Å². The predicted octanol–water partition coefficient (Wildman–Crippen LogP) is 8.16. The molecule has 4 aromatic rings. The minimum absolute atomic E-state index is 0.0229. The molecule has 0 atom stereocenters. The molecule has 5 nitrogen and oxygen atoms in total. The number of hydrogen-bond acceptors (Lipinski definition) is 3. The zero-order valence-corrected chi connectivity index (χ0v) is 21.3. The average Bonchev–Trinajstić information content (AvgIpc) is 3.05. The van der Waals surface area contributed by atoms with E-state index in [4.69, 9.17) is 23.8 Å². The summed E-state index contributed by atoms with van der Waals surface area (Å²) in [4.78, 5) is 0. The fourth-order valence-corrected chi connectivity index (χ4v) is 4.39. The van der Waals surface area contributed by atoms with Crippen molar-refractivity contribution >= 4 is 67.1 Å². The zero-order valence-electron chi connectivity index (χ0n) is 18.1. The first kappa shape index (κ1) is 23.4. The molecule has 8 heteroatoms. The molecule has 0 fully saturated rings. The fourth-order valence-electron chi connectivity index (χ4n) is 3.76. The van der Waals surface area contributed by atoms with Crippen LogP contribution in [0.3, 0.4) is 0 Å². The number of benzene rings is 3. The van der Waals surface area contributed by atoms with Crippen molar-refractivity contribution in [3.8, 4) is 5.88 Å². The minimum Gasteiger partial charge on any atom is -0.493 e. The van der Waals surface area contributed by atoms with Gasteiger partial charge in [0.05, 0.1) is 12.1 Å². The van der Waals surface area contributed by atoms with Gasteiger partial charge in [-0.15, -0.1) is 10.2 Å². The quantitative estimate of drug-likeness (QED) is 0.198. The smallest absolute Gasteiger partial charge is 0.221 e. The van der Waals surface area contributed by atoms with Gasteiger partial charge in [0.15, 0.2) is 5.69 Å². The molecule has 1 heterocycles. The van der Waals surface area contributed by atoms with Gasteiger partial charge in [-0.05, 0) is 72.6 Å². The number of para-hydroxylation sites is 1. The van der Waals surface area contributed by atoms with Gasteiger partial charge >= 0.3 is 0 Å². The highest BCUT2D eigenvalue weighted by Crippen LogP contribution is 2.40. The Labute approximate surface area is 211 Å². The molecule has 0 aliphatic rings. The Morgan fingerprint density at radius 3 is 2.64 bits per heavy atom. The SMILES string of the molecule is CCc1cccc(C)c1NC(=S)N=Nc1c(O)n(Cc2ccc(Cl)cc2)c2ccc(Br)cc12. The number of azo groups is 1. The van der Waals surface area contributed by atoms with Crippen molar-refractivity contribution in [3.05, 3.63) is 86.8 Å². The van der Waals surface area contributed by atoms with Crippen LogP contribution in [0, 0.1) is 6.92 Å². The van der Waals surface area contributed by atoms with Crippen molar-refractivity contribution in [3.63, 3.8) is 0 Å². The van der Waals surface area contributed by atoms with Crippen LogP contribution in [0.5, 0.6) is 5.88 Å². The Morgan fingerprint density at radius 2 is 1.91 bits per heavy atom. The lowest BCUT2D eigenvalue weighted by Gasteiger charge is -2.12. The topological polar surface area (TPSA) is 61.9 Å². The van der Waals surface area contributed by atoms with Gasteiger partial charge in [0, 0.05) is 20.6 Å². The standard InChI is InChI=1S/C25H22BrClN4OS/c1-3-17-6-4-5-15(2)22(17)28-25(33)30-29-23-20-13-18(26)9-12-21(20)31(24(23)32)14-16-7-10-19(27)11-8-16/h4-13,32H,3,14H2,1-2H3,(H,28,33). The number of anilines is 1. The maximum Gasteiger partial charge on any atom is 0.221 e. The van der Waals surface area contributed by atoms with Crippen LogP contribution >= 0.6 is 39.7 Å². The summed E-state index contributed by atoms with van der Waals surface area (Å²) in [6.45, 7) is 4.58. The molecule has 0 saturated heterocycles. The lowest BCUT2D eigenvalue weighted by Crippen LogP contribution is -2.08. The number of hydrogen-bond donors (Lipinski definition) is 2. The third kappa shape index (κ3) is 5.11. The van der Waals surface area contributed by atoms with Crippen LogP contribution in [0.4, 0.5) is 11.4 Å². The first-order valence-electron chi connectivity index (χ1n) is 10.4. The Balaban J connectivity index is 1.68. The highest BCUT2D eigenvalue weighted by molar-refractivity contribution is 9.10. The number of nitrogens with zero attached hydrogens (tertiary/aromatic N) is 3. The van der Waals surface area contributed by atoms with E-state index in [1.54, 1.807) is 4.57 Å². The first-order valence-corrected chi connectivity index (χ1v) is 12.0. The summed E-state index contributed by atoms with van der Waals surface area (Å²) in [5.41, 5.74) is 5.38. The summed E-state index contributed by atoms with van der Waals surface area (Å²) in [6.07, 6.45) is 0.872. The van der Waals surface area contributed by atoms with Crippen molar-refractivity contribution in [2.45, 2.75) is 26.8 Å². The molecule has 0 saturated carbocycles. The van der Waals surface area contributed by atoms with Gasteiger partial charge in [-0.2, -0.15) is 0 Å². The maximum absolute atomic E-state index is 11.1. The Morgan fingerprint density at radius 1 is 1.15 bits per heavy atom. The molecule has 168 valence electrons. The molecule has 0 aliphatic heterocycles. The summed E-state index contributed by atoms with van der Waals surface area (Å²) >= 11 is 15.0. The predicted molar refractivity (Wildman–Crippen MR) is 143 cm³/mol. The summed E-state index contributed by atoms with van der Waals surface area (Å²) in [5, 5.41) is 24.5. The summed E-state index contributed by atoms with van der Waals surface area (Å²) in [6, 6.07) is 19.4. The monoisotopic (exact) mass is 540 g/mol. The summed E-state index contributed by atoms with van der Waals surface area (Å²) in [5.74, 6) is 0.0229. The lowest BCUT2D eigenvalue weighted by molar-refractivity contribution is 0.429. The van der Waals surface area contributed by atoms with Crippen molar-refractivity contribution < 1.29 is 5.11 Å². The normalized spacial score (nSPS) is 11.4. The molecular formula is C25H22BrClN4OS. The van der Waals surface area contributed by atoms with Crippen LogP contribution in [0.25, 0.3) is 10.9 Å². The Kier molecular flexibility index (Phi) is 7.12. The van der Waals surface area contributed by atoms with Crippen LogP contribution in [0.1, 0.15) is 23.6 Å². The largest absolute Gasteiger partial charge is 0.493 e. The van der Waals surface area contributed by atoms with E-state index in [0.29, 0.717) is 17.3 Å². The van der Waals surface area contributed by atoms with E-state index >= 15 is 0 Å². The number of aromatic hydroxyl groups is 1. The van der Waals surface area contributed by atoms with Crippen LogP contribution in [-0.2, 0) is 13.0 Å². The van der Waals surface area contributed by atoms with E-state index in [1.807, 2.05) is 61.5 Å². The van der Waals surface area contributed by atoms with Crippen LogP contribution < -0.4 is 5.32 Å². The highest BCUT2D eigenvalue weighted by Gasteiger charge is 2.18. The maximum atomic E-state index is 11.1. The van der Waals surface area contributed by atoms with Gasteiger partial charge in [-0.25, -0.2) is 0 Å². The van der Waals surface area contributed by atoms with Crippen molar-refractivity contribution in [2.75, 3.05) is 5.32 Å². The van der Waals surface area contributed by atoms with Crippen molar-refractivity contribution in [1.29, 1.82) is 0 Å². The lowest BCUT2D eigenvalue weighted by atomic mass is 10.1. The van der Waals surface area contributed by atoms with E-state index < -0.39 is 0 Å². The number of nitrogens with one attached hydrogen (secondary N) is 1. The molecule has 0 aliphatic carbocycles. The molecule has 0 amide bonds. The van der Waals surface area contributed by atoms with E-state index in [9.17, 15) is 5.11 Å². The van der Waals surface area contributed by atoms with Gasteiger partial charge in [0.1, 0.15) is 0 Å². The summed E-state index contributed by atoms with van der Waals surface area (Å²) in [7, 11) is 0. The van der Waals surface area contributed by atoms with E-state index in [-0.39, 0.29) is 11.0 Å². The number of halogens is 2. The molecule has 2 N–H and O–H groups in total. The number of aromatic nitrogens is 1. The third-order valence-electron chi connectivity index (χ3n) is 5.44. The molecule has 4 rings (SSSR count). The zero-order chi connectivity index (χ0) is 23.5. The van der Waals surface area contributed by atoms with E-state index in [2.05, 4.69) is 44.5 Å². The molecule has 0 spiro atoms. The van der Waals surface area contributed by atoms with Crippen LogP contribution in [0.15, 0.2) is 75.4 Å². The number of thiocarbonyl (C=S) groups is 1. The number of rotatable bonds is 5. The van der Waals surface area contributed by atoms with Crippen LogP contribution in [-0.4, -0.2) is 14.8 Å². The van der Waals surface area contributed by atoms with E-state index in [1.165, 1.54) is 0 Å². The molecule has 1 aromatic heterocycles. The van der Waals surface area contributed by atoms with Gasteiger partial charge < -0.3 is 15.0 Å². The molecule has 0 unspecified atom stereocenters. The van der Waals surface area contributed by atoms with Crippen LogP contribution in [0.2, 0.25) is 5.02 Å². The molecule has 0 bridgehead atoms. The van der Waals surface area contributed by atoms with Gasteiger partial charge in [0.2, 0.25) is 11.0 Å². The molecule has 0 radical (unpaired) electrons. The molecule has 33 heavy (non-hydrogen) atoms. The highest BCUT2D eigenvalue weighted by atomic mass is 79.9. The Hall–Kier alpha value is -2.74. The summed E-state index contributed by atoms with van der Waals surface area (Å²) < 4.78 is 2.68. The third-order valence-corrected chi connectivity index (χ3v) is 6.37. The first-order chi connectivity index (χ1) is 15.9. The van der Waals surface area contributed by atoms with Gasteiger partial charge in [-0.1, -0.05) is 64.8 Å². The van der Waals surface area contributed by atoms with E-state index in [0.717, 1.165) is 44.2 Å². The average molecular weight is 542 g/mol. The molecular weight excluding hydrogens is 520 g/mol. The molecule has 3 aromatic carbocycles. The van der Waals surface area contributed by atoms with Crippen molar-refractivity contribution in [1.82, 2.24) is 4.57 Å². The second-order valence-electron chi connectivity index (χ2n) is 7.64. The second kappa shape index (κ2) is 10.0. The minimum atomic E-state index is 0.0229. The number of aryl methyl sites for hydroxylation is 2. The Bertz CT molecular complexity index is 1370. The number of fused-ring (bicyclic) bond motifs is 1. The van der Waals surface area contributed by atoms with Gasteiger partial charge in [0.25, 0.3) is 0 Å². The second-order valence-corrected chi connectivity index (χ2v) is 9.38. The van der Waals surface area contributed by atoms with Gasteiger partial charge in [-0.3, -0.25) is 0 Å². The fraction of sp³-hybridized carbons (Fsp3) is 0.160.